The van der Waals surface area contributed by atoms with Crippen LogP contribution in [0.5, 0.6) is 0 Å². The normalized spacial score (nSPS) is 14.7. The minimum absolute atomic E-state index is 0.0545. The van der Waals surface area contributed by atoms with Crippen LogP contribution in [0.15, 0.2) is 48.8 Å². The van der Waals surface area contributed by atoms with Crippen molar-refractivity contribution in [3.63, 3.8) is 0 Å². The summed E-state index contributed by atoms with van der Waals surface area (Å²) in [5.74, 6) is -1.74. The summed E-state index contributed by atoms with van der Waals surface area (Å²) >= 11 is 0. The number of benzene rings is 2. The van der Waals surface area contributed by atoms with E-state index in [0.717, 1.165) is 15.9 Å². The first-order chi connectivity index (χ1) is 25.5. The average molecular weight is 795 g/mol. The molecule has 1 aliphatic heterocycles. The Kier molecular flexibility index (Phi) is 13.2. The van der Waals surface area contributed by atoms with Gasteiger partial charge in [-0.25, -0.2) is 19.6 Å². The zero-order valence-electron chi connectivity index (χ0n) is 30.1. The van der Waals surface area contributed by atoms with E-state index in [4.69, 9.17) is 9.47 Å². The summed E-state index contributed by atoms with van der Waals surface area (Å²) in [4.78, 5) is 38.0. The Bertz CT molecular complexity index is 1760. The maximum absolute atomic E-state index is 14.1. The molecule has 0 saturated carbocycles. The molecule has 0 radical (unpaired) electrons. The third-order valence-electron chi connectivity index (χ3n) is 8.20. The average Bonchev–Trinajstić information content (AvgIpc) is 3.09. The van der Waals surface area contributed by atoms with Gasteiger partial charge in [-0.3, -0.25) is 4.90 Å². The lowest BCUT2D eigenvalue weighted by Gasteiger charge is -2.31. The molecule has 302 valence electrons. The Hall–Kier alpha value is -4.85. The van der Waals surface area contributed by atoms with Crippen LogP contribution in [0.3, 0.4) is 0 Å². The first-order valence-corrected chi connectivity index (χ1v) is 16.8. The maximum atomic E-state index is 14.1. The molecule has 1 aliphatic rings. The number of urea groups is 1. The number of anilines is 3. The standard InChI is InChI=1S/C35H39F9N6O5/c1-5-50(31(53)47-27(29(51)52)20-55-32(2,3)4)28-7-6-23(33(36,37)38)14-22(28)19-49(30-45-16-26(17-46-30)48-8-10-54-11-9-48)18-21-12-24(34(39,40)41)15-25(13-21)35(42,43)44/h6-7,12-17,27H,5,8-11,18-20H2,1-4H3,(H,47,53)(H,51,52)/t27-/m0/s1. The fourth-order valence-corrected chi connectivity index (χ4v) is 5.51. The second-order valence-electron chi connectivity index (χ2n) is 13.5. The van der Waals surface area contributed by atoms with E-state index in [9.17, 15) is 54.2 Å². The highest BCUT2D eigenvalue weighted by Crippen LogP contribution is 2.38. The number of amides is 2. The highest BCUT2D eigenvalue weighted by atomic mass is 19.4. The summed E-state index contributed by atoms with van der Waals surface area (Å²) in [7, 11) is 0. The summed E-state index contributed by atoms with van der Waals surface area (Å²) in [5.41, 5.74) is -5.68. The summed E-state index contributed by atoms with van der Waals surface area (Å²) in [6.07, 6.45) is -12.6. The van der Waals surface area contributed by atoms with E-state index >= 15 is 0 Å². The van der Waals surface area contributed by atoms with Crippen molar-refractivity contribution in [1.29, 1.82) is 0 Å². The van der Waals surface area contributed by atoms with Gasteiger partial charge >= 0.3 is 30.5 Å². The lowest BCUT2D eigenvalue weighted by atomic mass is 10.0. The molecule has 2 amide bonds. The van der Waals surface area contributed by atoms with Gasteiger partial charge in [0.25, 0.3) is 0 Å². The lowest BCUT2D eigenvalue weighted by molar-refractivity contribution is -0.144. The Labute approximate surface area is 310 Å². The number of carboxylic acids is 1. The van der Waals surface area contributed by atoms with Gasteiger partial charge < -0.3 is 29.7 Å². The van der Waals surface area contributed by atoms with E-state index < -0.39 is 84.1 Å². The third kappa shape index (κ3) is 11.8. The van der Waals surface area contributed by atoms with Crippen LogP contribution >= 0.6 is 0 Å². The monoisotopic (exact) mass is 794 g/mol. The number of rotatable bonds is 12. The van der Waals surface area contributed by atoms with E-state index in [0.29, 0.717) is 56.3 Å². The highest BCUT2D eigenvalue weighted by molar-refractivity contribution is 5.95. The largest absolute Gasteiger partial charge is 0.480 e. The Morgan fingerprint density at radius 2 is 1.44 bits per heavy atom. The van der Waals surface area contributed by atoms with Crippen molar-refractivity contribution in [2.75, 3.05) is 54.2 Å². The fraction of sp³-hybridized carbons (Fsp3) is 0.486. The molecular weight excluding hydrogens is 755 g/mol. The Morgan fingerprint density at radius 1 is 0.873 bits per heavy atom. The molecule has 1 atom stereocenters. The van der Waals surface area contributed by atoms with Gasteiger partial charge in [-0.1, -0.05) is 0 Å². The van der Waals surface area contributed by atoms with Crippen molar-refractivity contribution in [2.45, 2.75) is 71.0 Å². The number of carbonyl (C=O) groups excluding carboxylic acids is 1. The van der Waals surface area contributed by atoms with Crippen LogP contribution in [0, 0.1) is 0 Å². The molecule has 1 saturated heterocycles. The molecule has 0 unspecified atom stereocenters. The number of ether oxygens (including phenoxy) is 2. The molecule has 11 nitrogen and oxygen atoms in total. The maximum Gasteiger partial charge on any atom is 0.416 e. The van der Waals surface area contributed by atoms with Gasteiger partial charge in [0, 0.05) is 32.7 Å². The molecule has 55 heavy (non-hydrogen) atoms. The number of aromatic nitrogens is 2. The SMILES string of the molecule is CCN(C(=O)N[C@@H](COC(C)(C)C)C(=O)O)c1ccc(C(F)(F)F)cc1CN(Cc1cc(C(F)(F)F)cc(C(F)(F)F)c1)c1ncc(N2CCOCC2)cn1. The fourth-order valence-electron chi connectivity index (χ4n) is 5.51. The smallest absolute Gasteiger partial charge is 0.416 e. The van der Waals surface area contributed by atoms with Gasteiger partial charge in [0.2, 0.25) is 5.95 Å². The van der Waals surface area contributed by atoms with Gasteiger partial charge in [0.15, 0.2) is 6.04 Å². The number of aliphatic carboxylic acids is 1. The first kappa shape index (κ1) is 42.9. The minimum Gasteiger partial charge on any atom is -0.480 e. The van der Waals surface area contributed by atoms with E-state index in [2.05, 4.69) is 15.3 Å². The van der Waals surface area contributed by atoms with Gasteiger partial charge in [-0.05, 0) is 75.2 Å². The lowest BCUT2D eigenvalue weighted by Crippen LogP contribution is -2.51. The third-order valence-corrected chi connectivity index (χ3v) is 8.20. The summed E-state index contributed by atoms with van der Waals surface area (Å²) in [5, 5.41) is 12.0. The van der Waals surface area contributed by atoms with E-state index in [1.54, 1.807) is 20.8 Å². The van der Waals surface area contributed by atoms with Crippen LogP contribution in [0.25, 0.3) is 0 Å². The zero-order chi connectivity index (χ0) is 40.9. The number of nitrogens with zero attached hydrogens (tertiary/aromatic N) is 5. The molecule has 2 heterocycles. The van der Waals surface area contributed by atoms with Crippen LogP contribution < -0.4 is 20.0 Å². The van der Waals surface area contributed by atoms with Crippen LogP contribution in [0.1, 0.15) is 55.5 Å². The molecule has 4 rings (SSSR count). The molecule has 0 spiro atoms. The zero-order valence-corrected chi connectivity index (χ0v) is 30.1. The number of hydrogen-bond acceptors (Lipinski definition) is 8. The van der Waals surface area contributed by atoms with E-state index in [1.807, 2.05) is 4.90 Å². The molecule has 0 aliphatic carbocycles. The molecule has 20 heteroatoms. The quantitative estimate of drug-likeness (QED) is 0.181. The molecular formula is C35H39F9N6O5. The summed E-state index contributed by atoms with van der Waals surface area (Å²) < 4.78 is 136. The first-order valence-electron chi connectivity index (χ1n) is 16.8. The van der Waals surface area contributed by atoms with Crippen molar-refractivity contribution in [3.05, 3.63) is 76.6 Å². The molecule has 2 N–H and O–H groups in total. The Morgan fingerprint density at radius 3 is 1.93 bits per heavy atom. The van der Waals surface area contributed by atoms with Crippen molar-refractivity contribution in [2.24, 2.45) is 0 Å². The predicted octanol–water partition coefficient (Wildman–Crippen LogP) is 7.38. The topological polar surface area (TPSA) is 120 Å². The summed E-state index contributed by atoms with van der Waals surface area (Å²) in [6.45, 7) is 5.98. The van der Waals surface area contributed by atoms with Crippen LogP contribution in [-0.2, 0) is 45.9 Å². The van der Waals surface area contributed by atoms with Crippen LogP contribution in [-0.4, -0.2) is 78.2 Å². The predicted molar refractivity (Wildman–Crippen MR) is 182 cm³/mol. The number of nitrogens with one attached hydrogen (secondary N) is 1. The molecule has 2 aromatic carbocycles. The number of carboxylic acid groups (broad SMARTS) is 1. The van der Waals surface area contributed by atoms with Crippen LogP contribution in [0.4, 0.5) is 61.6 Å². The van der Waals surface area contributed by atoms with Gasteiger partial charge in [-0.2, -0.15) is 39.5 Å². The Balaban J connectivity index is 1.83. The second-order valence-corrected chi connectivity index (χ2v) is 13.5. The van der Waals surface area contributed by atoms with Crippen LogP contribution in [0.2, 0.25) is 0 Å². The summed E-state index contributed by atoms with van der Waals surface area (Å²) in [6, 6.07) is 0.577. The molecule has 0 bridgehead atoms. The van der Waals surface area contributed by atoms with Crippen molar-refractivity contribution < 1.29 is 63.7 Å². The number of carbonyl (C=O) groups is 2. The minimum atomic E-state index is -5.19. The van der Waals surface area contributed by atoms with E-state index in [1.165, 1.54) is 19.3 Å². The van der Waals surface area contributed by atoms with Crippen molar-refractivity contribution >= 4 is 29.3 Å². The number of morpholine rings is 1. The highest BCUT2D eigenvalue weighted by Gasteiger charge is 2.38. The molecule has 1 fully saturated rings. The van der Waals surface area contributed by atoms with Gasteiger partial charge in [0.1, 0.15) is 0 Å². The van der Waals surface area contributed by atoms with Gasteiger partial charge in [-0.15, -0.1) is 0 Å². The second kappa shape index (κ2) is 16.9. The number of hydrogen-bond donors (Lipinski definition) is 2. The number of halogens is 9. The van der Waals surface area contributed by atoms with Crippen molar-refractivity contribution in [1.82, 2.24) is 15.3 Å². The van der Waals surface area contributed by atoms with Crippen molar-refractivity contribution in [3.8, 4) is 0 Å². The number of alkyl halides is 9. The molecule has 3 aromatic rings. The molecule has 1 aromatic heterocycles. The van der Waals surface area contributed by atoms with E-state index in [-0.39, 0.29) is 29.8 Å². The van der Waals surface area contributed by atoms with Gasteiger partial charge in [0.05, 0.1) is 65.9 Å².